The highest BCUT2D eigenvalue weighted by molar-refractivity contribution is 5.24. The zero-order chi connectivity index (χ0) is 11.8. The first-order valence-corrected chi connectivity index (χ1v) is 6.29. The number of rotatable bonds is 2. The Labute approximate surface area is 98.9 Å². The summed E-state index contributed by atoms with van der Waals surface area (Å²) in [5, 5.41) is 0. The van der Waals surface area contributed by atoms with Gasteiger partial charge in [0.05, 0.1) is 0 Å². The number of ether oxygens (including phenoxy) is 1. The van der Waals surface area contributed by atoms with Gasteiger partial charge in [-0.05, 0) is 45.3 Å². The molecule has 2 atom stereocenters. The number of hydrogen-bond acceptors (Lipinski definition) is 1. The van der Waals surface area contributed by atoms with E-state index in [4.69, 9.17) is 4.74 Å². The van der Waals surface area contributed by atoms with Crippen molar-refractivity contribution in [2.75, 3.05) is 0 Å². The van der Waals surface area contributed by atoms with E-state index in [2.05, 4.69) is 39.5 Å². The lowest BCUT2D eigenvalue weighted by molar-refractivity contribution is -0.0421. The van der Waals surface area contributed by atoms with Crippen molar-refractivity contribution in [1.29, 1.82) is 0 Å². The fourth-order valence-corrected chi connectivity index (χ4v) is 2.99. The van der Waals surface area contributed by atoms with E-state index < -0.39 is 0 Å². The molecule has 1 heterocycles. The standard InChI is InChI=1S/C15H22O/c1-5-11-7-8-14-12(9-11)10-13(6-2)16-15(14,3)4/h6,9-10,12,14H,2,5,7-8H2,1,3-4H3. The molecule has 0 aromatic rings. The molecule has 0 saturated heterocycles. The molecule has 0 fully saturated rings. The maximum atomic E-state index is 5.98. The van der Waals surface area contributed by atoms with Crippen LogP contribution in [-0.2, 0) is 4.74 Å². The van der Waals surface area contributed by atoms with Crippen LogP contribution < -0.4 is 0 Å². The second kappa shape index (κ2) is 4.12. The Balaban J connectivity index is 2.33. The van der Waals surface area contributed by atoms with Gasteiger partial charge in [0, 0.05) is 11.8 Å². The highest BCUT2D eigenvalue weighted by atomic mass is 16.5. The van der Waals surface area contributed by atoms with E-state index in [-0.39, 0.29) is 5.60 Å². The van der Waals surface area contributed by atoms with Crippen LogP contribution in [0.3, 0.4) is 0 Å². The number of allylic oxidation sites excluding steroid dienone is 4. The fraction of sp³-hybridized carbons (Fsp3) is 0.600. The van der Waals surface area contributed by atoms with Gasteiger partial charge in [-0.1, -0.05) is 25.2 Å². The van der Waals surface area contributed by atoms with Crippen molar-refractivity contribution in [3.63, 3.8) is 0 Å². The van der Waals surface area contributed by atoms with Gasteiger partial charge in [0.25, 0.3) is 0 Å². The largest absolute Gasteiger partial charge is 0.488 e. The van der Waals surface area contributed by atoms with E-state index in [0.717, 1.165) is 5.76 Å². The van der Waals surface area contributed by atoms with Crippen molar-refractivity contribution < 1.29 is 4.74 Å². The van der Waals surface area contributed by atoms with Crippen LogP contribution in [0.15, 0.2) is 36.1 Å². The summed E-state index contributed by atoms with van der Waals surface area (Å²) in [6.07, 6.45) is 10.2. The van der Waals surface area contributed by atoms with Crippen LogP contribution in [0, 0.1) is 11.8 Å². The quantitative estimate of drug-likeness (QED) is 0.630. The van der Waals surface area contributed by atoms with Crippen molar-refractivity contribution in [3.05, 3.63) is 36.1 Å². The monoisotopic (exact) mass is 218 g/mol. The van der Waals surface area contributed by atoms with Gasteiger partial charge in [0.1, 0.15) is 11.4 Å². The minimum absolute atomic E-state index is 0.0568. The number of fused-ring (bicyclic) bond motifs is 1. The minimum atomic E-state index is -0.0568. The van der Waals surface area contributed by atoms with E-state index in [1.165, 1.54) is 19.3 Å². The molecule has 0 N–H and O–H groups in total. The molecular formula is C15H22O. The summed E-state index contributed by atoms with van der Waals surface area (Å²) >= 11 is 0. The highest BCUT2D eigenvalue weighted by Gasteiger charge is 2.40. The fourth-order valence-electron chi connectivity index (χ4n) is 2.99. The van der Waals surface area contributed by atoms with E-state index >= 15 is 0 Å². The maximum Gasteiger partial charge on any atom is 0.116 e. The smallest absolute Gasteiger partial charge is 0.116 e. The predicted molar refractivity (Wildman–Crippen MR) is 68.0 cm³/mol. The van der Waals surface area contributed by atoms with Crippen molar-refractivity contribution >= 4 is 0 Å². The van der Waals surface area contributed by atoms with Crippen LogP contribution in [0.25, 0.3) is 0 Å². The van der Waals surface area contributed by atoms with Gasteiger partial charge >= 0.3 is 0 Å². The molecule has 2 unspecified atom stereocenters. The average Bonchev–Trinajstić information content (AvgIpc) is 2.27. The van der Waals surface area contributed by atoms with Crippen LogP contribution in [-0.4, -0.2) is 5.60 Å². The predicted octanol–water partition coefficient (Wildman–Crippen LogP) is 4.23. The first-order valence-electron chi connectivity index (χ1n) is 6.29. The normalized spacial score (nSPS) is 31.9. The summed E-state index contributed by atoms with van der Waals surface area (Å²) in [5.41, 5.74) is 1.54. The summed E-state index contributed by atoms with van der Waals surface area (Å²) in [6, 6.07) is 0. The summed E-state index contributed by atoms with van der Waals surface area (Å²) in [7, 11) is 0. The van der Waals surface area contributed by atoms with Crippen LogP contribution in [0.4, 0.5) is 0 Å². The molecule has 1 heteroatoms. The Kier molecular flexibility index (Phi) is 2.96. The van der Waals surface area contributed by atoms with Crippen molar-refractivity contribution in [1.82, 2.24) is 0 Å². The summed E-state index contributed by atoms with van der Waals surface area (Å²) in [4.78, 5) is 0. The summed E-state index contributed by atoms with van der Waals surface area (Å²) in [5.74, 6) is 2.10. The van der Waals surface area contributed by atoms with Crippen LogP contribution in [0.1, 0.15) is 40.0 Å². The Morgan fingerprint density at radius 1 is 1.50 bits per heavy atom. The van der Waals surface area contributed by atoms with E-state index in [1.54, 1.807) is 5.57 Å². The van der Waals surface area contributed by atoms with Gasteiger partial charge in [-0.2, -0.15) is 0 Å². The third kappa shape index (κ3) is 1.95. The molecule has 0 saturated carbocycles. The third-order valence-electron chi connectivity index (χ3n) is 3.96. The van der Waals surface area contributed by atoms with Gasteiger partial charge in [0.2, 0.25) is 0 Å². The molecule has 2 aliphatic rings. The first-order chi connectivity index (χ1) is 7.56. The molecule has 1 aliphatic heterocycles. The zero-order valence-electron chi connectivity index (χ0n) is 10.6. The van der Waals surface area contributed by atoms with Gasteiger partial charge in [0.15, 0.2) is 0 Å². The van der Waals surface area contributed by atoms with Gasteiger partial charge in [-0.3, -0.25) is 0 Å². The minimum Gasteiger partial charge on any atom is -0.488 e. The lowest BCUT2D eigenvalue weighted by Crippen LogP contribution is -2.42. The van der Waals surface area contributed by atoms with Crippen LogP contribution in [0.5, 0.6) is 0 Å². The molecule has 0 aromatic heterocycles. The van der Waals surface area contributed by atoms with Crippen molar-refractivity contribution in [2.24, 2.45) is 11.8 Å². The Morgan fingerprint density at radius 2 is 2.25 bits per heavy atom. The van der Waals surface area contributed by atoms with Gasteiger partial charge in [-0.15, -0.1) is 0 Å². The third-order valence-corrected chi connectivity index (χ3v) is 3.96. The Morgan fingerprint density at radius 3 is 2.88 bits per heavy atom. The SMILES string of the molecule is C=CC1=CC2C=C(CC)CCC2C(C)(C)O1. The molecule has 0 radical (unpaired) electrons. The maximum absolute atomic E-state index is 5.98. The topological polar surface area (TPSA) is 9.23 Å². The van der Waals surface area contributed by atoms with E-state index in [0.29, 0.717) is 11.8 Å². The molecule has 2 rings (SSSR count). The van der Waals surface area contributed by atoms with E-state index in [1.807, 2.05) is 6.08 Å². The molecule has 0 spiro atoms. The lowest BCUT2D eigenvalue weighted by Gasteiger charge is -2.44. The molecule has 0 amide bonds. The molecule has 16 heavy (non-hydrogen) atoms. The zero-order valence-corrected chi connectivity index (χ0v) is 10.6. The van der Waals surface area contributed by atoms with Crippen LogP contribution >= 0.6 is 0 Å². The van der Waals surface area contributed by atoms with Crippen molar-refractivity contribution in [3.8, 4) is 0 Å². The molecule has 1 nitrogen and oxygen atoms in total. The molecule has 88 valence electrons. The van der Waals surface area contributed by atoms with Crippen LogP contribution in [0.2, 0.25) is 0 Å². The number of hydrogen-bond donors (Lipinski definition) is 0. The molecule has 0 aromatic carbocycles. The van der Waals surface area contributed by atoms with Crippen molar-refractivity contribution in [2.45, 2.75) is 45.6 Å². The Bertz CT molecular complexity index is 346. The second-order valence-corrected chi connectivity index (χ2v) is 5.38. The Hall–Kier alpha value is -0.980. The molecule has 1 aliphatic carbocycles. The lowest BCUT2D eigenvalue weighted by atomic mass is 9.70. The molecule has 0 bridgehead atoms. The first kappa shape index (κ1) is 11.5. The summed E-state index contributed by atoms with van der Waals surface area (Å²) < 4.78 is 5.98. The van der Waals surface area contributed by atoms with E-state index in [9.17, 15) is 0 Å². The second-order valence-electron chi connectivity index (χ2n) is 5.38. The van der Waals surface area contributed by atoms with Gasteiger partial charge < -0.3 is 4.74 Å². The molecular weight excluding hydrogens is 196 g/mol. The van der Waals surface area contributed by atoms with Gasteiger partial charge in [-0.25, -0.2) is 0 Å². The average molecular weight is 218 g/mol. The summed E-state index contributed by atoms with van der Waals surface area (Å²) in [6.45, 7) is 10.5. The highest BCUT2D eigenvalue weighted by Crippen LogP contribution is 2.44.